The first kappa shape index (κ1) is 20.6. The number of hydrogen-bond donors (Lipinski definition) is 0. The summed E-state index contributed by atoms with van der Waals surface area (Å²) in [4.78, 5) is 20.9. The zero-order chi connectivity index (χ0) is 21.6. The van der Waals surface area contributed by atoms with Gasteiger partial charge in [-0.2, -0.15) is 5.10 Å². The molecule has 0 N–H and O–H groups in total. The van der Waals surface area contributed by atoms with Crippen molar-refractivity contribution in [1.82, 2.24) is 19.7 Å². The van der Waals surface area contributed by atoms with E-state index in [1.54, 1.807) is 6.20 Å². The van der Waals surface area contributed by atoms with Crippen molar-refractivity contribution in [1.29, 1.82) is 0 Å². The van der Waals surface area contributed by atoms with Gasteiger partial charge < -0.3 is 9.32 Å². The Morgan fingerprint density at radius 3 is 2.43 bits per heavy atom. The van der Waals surface area contributed by atoms with Crippen LogP contribution in [0.25, 0.3) is 22.3 Å². The van der Waals surface area contributed by atoms with E-state index in [1.807, 2.05) is 30.7 Å². The molecule has 4 rings (SSSR count). The quantitative estimate of drug-likeness (QED) is 0.545. The molecule has 3 heterocycles. The average Bonchev–Trinajstić information content (AvgIpc) is 3.40. The number of pyridine rings is 1. The van der Waals surface area contributed by atoms with Gasteiger partial charge in [-0.1, -0.05) is 12.8 Å². The lowest BCUT2D eigenvalue weighted by Crippen LogP contribution is -2.43. The predicted molar refractivity (Wildman–Crippen MR) is 119 cm³/mol. The van der Waals surface area contributed by atoms with Gasteiger partial charge >= 0.3 is 0 Å². The molecule has 0 atom stereocenters. The standard InChI is InChI=1S/C24H32N4O2/c1-14(2)27(18-9-7-8-10-18)24(29)20-12-22(19-11-16(5)30-17(19)6)26-23-21(20)13-25-28(23)15(3)4/h11-15,18H,7-10H2,1-6H3. The molecule has 3 aromatic heterocycles. The normalized spacial score (nSPS) is 15.1. The van der Waals surface area contributed by atoms with Crippen molar-refractivity contribution in [3.05, 3.63) is 35.4 Å². The van der Waals surface area contributed by atoms with E-state index < -0.39 is 0 Å². The van der Waals surface area contributed by atoms with Crippen molar-refractivity contribution in [2.75, 3.05) is 0 Å². The zero-order valence-electron chi connectivity index (χ0n) is 18.9. The number of carbonyl (C=O) groups excluding carboxylic acids is 1. The van der Waals surface area contributed by atoms with Gasteiger partial charge in [0.15, 0.2) is 5.65 Å². The summed E-state index contributed by atoms with van der Waals surface area (Å²) < 4.78 is 7.65. The van der Waals surface area contributed by atoms with Crippen LogP contribution in [0, 0.1) is 13.8 Å². The molecule has 1 saturated carbocycles. The van der Waals surface area contributed by atoms with E-state index in [4.69, 9.17) is 9.40 Å². The second-order valence-corrected chi connectivity index (χ2v) is 9.05. The van der Waals surface area contributed by atoms with Crippen molar-refractivity contribution in [3.8, 4) is 11.3 Å². The van der Waals surface area contributed by atoms with Gasteiger partial charge in [0.05, 0.1) is 22.8 Å². The minimum atomic E-state index is 0.0757. The molecule has 1 fully saturated rings. The van der Waals surface area contributed by atoms with Crippen molar-refractivity contribution in [2.24, 2.45) is 0 Å². The fourth-order valence-corrected chi connectivity index (χ4v) is 4.74. The molecule has 0 aromatic carbocycles. The molecule has 6 heteroatoms. The Hall–Kier alpha value is -2.63. The molecule has 1 amide bonds. The highest BCUT2D eigenvalue weighted by atomic mass is 16.3. The van der Waals surface area contributed by atoms with Crippen LogP contribution in [-0.4, -0.2) is 37.7 Å². The molecule has 3 aromatic rings. The highest BCUT2D eigenvalue weighted by Gasteiger charge is 2.31. The number of hydrogen-bond acceptors (Lipinski definition) is 4. The Morgan fingerprint density at radius 2 is 1.87 bits per heavy atom. The van der Waals surface area contributed by atoms with E-state index >= 15 is 0 Å². The van der Waals surface area contributed by atoms with Crippen LogP contribution in [-0.2, 0) is 0 Å². The number of amides is 1. The maximum absolute atomic E-state index is 13.9. The maximum atomic E-state index is 13.9. The van der Waals surface area contributed by atoms with Crippen LogP contribution in [0.5, 0.6) is 0 Å². The molecular formula is C24H32N4O2. The van der Waals surface area contributed by atoms with Gasteiger partial charge in [0.1, 0.15) is 11.5 Å². The number of nitrogens with zero attached hydrogens (tertiary/aromatic N) is 4. The molecule has 0 radical (unpaired) electrons. The minimum absolute atomic E-state index is 0.0757. The number of carbonyl (C=O) groups is 1. The monoisotopic (exact) mass is 408 g/mol. The first-order valence-corrected chi connectivity index (χ1v) is 11.1. The first-order chi connectivity index (χ1) is 14.3. The Bertz CT molecular complexity index is 1070. The van der Waals surface area contributed by atoms with Crippen molar-refractivity contribution in [2.45, 2.75) is 85.4 Å². The van der Waals surface area contributed by atoms with Gasteiger partial charge in [0.2, 0.25) is 0 Å². The van der Waals surface area contributed by atoms with Gasteiger partial charge in [-0.05, 0) is 66.5 Å². The zero-order valence-corrected chi connectivity index (χ0v) is 18.9. The van der Waals surface area contributed by atoms with Crippen molar-refractivity contribution in [3.63, 3.8) is 0 Å². The molecule has 0 unspecified atom stereocenters. The number of aromatic nitrogens is 3. The lowest BCUT2D eigenvalue weighted by Gasteiger charge is -2.33. The molecule has 0 aliphatic heterocycles. The van der Waals surface area contributed by atoms with Gasteiger partial charge in [-0.25, -0.2) is 9.67 Å². The van der Waals surface area contributed by atoms with Crippen LogP contribution in [0.15, 0.2) is 22.7 Å². The highest BCUT2D eigenvalue weighted by molar-refractivity contribution is 6.06. The SMILES string of the molecule is Cc1cc(-c2cc(C(=O)N(C(C)C)C3CCCC3)c3cnn(C(C)C)c3n2)c(C)o1. The Balaban J connectivity index is 1.91. The second kappa shape index (κ2) is 7.89. The summed E-state index contributed by atoms with van der Waals surface area (Å²) >= 11 is 0. The summed E-state index contributed by atoms with van der Waals surface area (Å²) in [6.45, 7) is 12.2. The molecule has 1 aliphatic carbocycles. The molecule has 1 aliphatic rings. The largest absolute Gasteiger partial charge is 0.466 e. The third-order valence-corrected chi connectivity index (χ3v) is 6.11. The summed E-state index contributed by atoms with van der Waals surface area (Å²) in [6, 6.07) is 4.52. The molecule has 6 nitrogen and oxygen atoms in total. The number of fused-ring (bicyclic) bond motifs is 1. The van der Waals surface area contributed by atoms with Gasteiger partial charge in [-0.3, -0.25) is 4.79 Å². The third kappa shape index (κ3) is 3.53. The van der Waals surface area contributed by atoms with Crippen LogP contribution in [0.4, 0.5) is 0 Å². The molecule has 160 valence electrons. The Morgan fingerprint density at radius 1 is 1.17 bits per heavy atom. The molecule has 30 heavy (non-hydrogen) atoms. The van der Waals surface area contributed by atoms with Crippen LogP contribution in [0.2, 0.25) is 0 Å². The van der Waals surface area contributed by atoms with E-state index in [9.17, 15) is 4.79 Å². The Kier molecular flexibility index (Phi) is 5.43. The summed E-state index contributed by atoms with van der Waals surface area (Å²) in [7, 11) is 0. The lowest BCUT2D eigenvalue weighted by molar-refractivity contribution is 0.0615. The first-order valence-electron chi connectivity index (χ1n) is 11.1. The van der Waals surface area contributed by atoms with Gasteiger partial charge in [0, 0.05) is 23.7 Å². The fraction of sp³-hybridized carbons (Fsp3) is 0.542. The van der Waals surface area contributed by atoms with Crippen LogP contribution in [0.3, 0.4) is 0 Å². The van der Waals surface area contributed by atoms with E-state index in [0.717, 1.165) is 46.7 Å². The average molecular weight is 409 g/mol. The van der Waals surface area contributed by atoms with Crippen LogP contribution in [0.1, 0.15) is 81.3 Å². The van der Waals surface area contributed by atoms with E-state index in [2.05, 4.69) is 37.7 Å². The van der Waals surface area contributed by atoms with Crippen molar-refractivity contribution < 1.29 is 9.21 Å². The minimum Gasteiger partial charge on any atom is -0.466 e. The summed E-state index contributed by atoms with van der Waals surface area (Å²) in [5.41, 5.74) is 3.12. The number of rotatable bonds is 5. The fourth-order valence-electron chi connectivity index (χ4n) is 4.74. The molecular weight excluding hydrogens is 376 g/mol. The lowest BCUT2D eigenvalue weighted by atomic mass is 10.0. The number of furan rings is 1. The van der Waals surface area contributed by atoms with Gasteiger partial charge in [-0.15, -0.1) is 0 Å². The molecule has 0 saturated heterocycles. The maximum Gasteiger partial charge on any atom is 0.255 e. The summed E-state index contributed by atoms with van der Waals surface area (Å²) in [5.74, 6) is 1.72. The smallest absolute Gasteiger partial charge is 0.255 e. The van der Waals surface area contributed by atoms with Crippen molar-refractivity contribution >= 4 is 16.9 Å². The molecule has 0 bridgehead atoms. The highest BCUT2D eigenvalue weighted by Crippen LogP contribution is 2.33. The van der Waals surface area contributed by atoms with Gasteiger partial charge in [0.25, 0.3) is 5.91 Å². The third-order valence-electron chi connectivity index (χ3n) is 6.11. The Labute approximate surface area is 178 Å². The summed E-state index contributed by atoms with van der Waals surface area (Å²) in [5, 5.41) is 5.38. The van der Waals surface area contributed by atoms with Crippen LogP contribution < -0.4 is 0 Å². The van der Waals surface area contributed by atoms with E-state index in [-0.39, 0.29) is 18.0 Å². The summed E-state index contributed by atoms with van der Waals surface area (Å²) in [6.07, 6.45) is 6.33. The predicted octanol–water partition coefficient (Wildman–Crippen LogP) is 5.68. The topological polar surface area (TPSA) is 64.2 Å². The molecule has 0 spiro atoms. The number of aryl methyl sites for hydroxylation is 2. The van der Waals surface area contributed by atoms with E-state index in [0.29, 0.717) is 11.6 Å². The van der Waals surface area contributed by atoms with E-state index in [1.165, 1.54) is 12.8 Å². The van der Waals surface area contributed by atoms with Crippen LogP contribution >= 0.6 is 0 Å². The second-order valence-electron chi connectivity index (χ2n) is 9.05.